The fourth-order valence-electron chi connectivity index (χ4n) is 1.84. The molecule has 2 aromatic rings. The van der Waals surface area contributed by atoms with Crippen LogP contribution in [0.15, 0.2) is 36.4 Å². The average Bonchev–Trinajstić information content (AvgIpc) is 2.30. The second-order valence-corrected chi connectivity index (χ2v) is 6.20. The van der Waals surface area contributed by atoms with Crippen molar-refractivity contribution in [2.45, 2.75) is 18.7 Å². The van der Waals surface area contributed by atoms with Crippen LogP contribution in [0, 0.1) is 13.8 Å². The zero-order valence-corrected chi connectivity index (χ0v) is 13.3. The van der Waals surface area contributed by atoms with Crippen LogP contribution in [0.25, 0.3) is 0 Å². The molecule has 2 rings (SSSR count). The van der Waals surface area contributed by atoms with Gasteiger partial charge in [0.15, 0.2) is 0 Å². The maximum atomic E-state index is 6.03. The van der Waals surface area contributed by atoms with Gasteiger partial charge in [-0.2, -0.15) is 0 Å². The monoisotopic (exact) mass is 342 g/mol. The minimum atomic E-state index is 0.105. The van der Waals surface area contributed by atoms with Gasteiger partial charge in [0.2, 0.25) is 0 Å². The highest BCUT2D eigenvalue weighted by Crippen LogP contribution is 2.34. The van der Waals surface area contributed by atoms with E-state index in [0.29, 0.717) is 10.0 Å². The molecule has 0 fully saturated rings. The van der Waals surface area contributed by atoms with E-state index in [1.165, 1.54) is 16.7 Å². The van der Waals surface area contributed by atoms with Gasteiger partial charge in [0.1, 0.15) is 0 Å². The third kappa shape index (κ3) is 3.09. The van der Waals surface area contributed by atoms with Gasteiger partial charge >= 0.3 is 0 Å². The van der Waals surface area contributed by atoms with Crippen LogP contribution in [-0.2, 0) is 0 Å². The van der Waals surface area contributed by atoms with Crippen LogP contribution in [0.1, 0.15) is 27.1 Å². The van der Waals surface area contributed by atoms with E-state index in [1.54, 1.807) is 6.07 Å². The van der Waals surface area contributed by atoms with Crippen LogP contribution < -0.4 is 0 Å². The SMILES string of the molecule is Cc1ccc(C(Br)c2cc(Cl)cc(Cl)c2)cc1C. The Morgan fingerprint density at radius 2 is 1.44 bits per heavy atom. The predicted octanol–water partition coefficient (Wildman–Crippen LogP) is 6.09. The van der Waals surface area contributed by atoms with E-state index in [0.717, 1.165) is 5.56 Å². The molecule has 94 valence electrons. The van der Waals surface area contributed by atoms with Gasteiger partial charge in [-0.25, -0.2) is 0 Å². The molecule has 0 amide bonds. The Morgan fingerprint density at radius 1 is 0.833 bits per heavy atom. The number of aryl methyl sites for hydroxylation is 2. The van der Waals surface area contributed by atoms with Gasteiger partial charge in [-0.05, 0) is 54.3 Å². The molecule has 1 atom stereocenters. The summed E-state index contributed by atoms with van der Waals surface area (Å²) in [6.07, 6.45) is 0. The van der Waals surface area contributed by atoms with Crippen LogP contribution in [0.3, 0.4) is 0 Å². The lowest BCUT2D eigenvalue weighted by atomic mass is 10.0. The van der Waals surface area contributed by atoms with Crippen molar-refractivity contribution in [1.82, 2.24) is 0 Å². The first-order valence-corrected chi connectivity index (χ1v) is 7.32. The molecule has 0 nitrogen and oxygen atoms in total. The maximum Gasteiger partial charge on any atom is 0.0645 e. The Bertz CT molecular complexity index is 558. The lowest BCUT2D eigenvalue weighted by Gasteiger charge is -2.13. The van der Waals surface area contributed by atoms with Crippen molar-refractivity contribution in [3.8, 4) is 0 Å². The maximum absolute atomic E-state index is 6.03. The van der Waals surface area contributed by atoms with E-state index < -0.39 is 0 Å². The number of rotatable bonds is 2. The zero-order valence-electron chi connectivity index (χ0n) is 10.2. The molecule has 0 saturated carbocycles. The Hall–Kier alpha value is -0.500. The molecular weight excluding hydrogens is 331 g/mol. The molecule has 0 radical (unpaired) electrons. The smallest absolute Gasteiger partial charge is 0.0645 e. The minimum absolute atomic E-state index is 0.105. The molecule has 0 aliphatic carbocycles. The summed E-state index contributed by atoms with van der Waals surface area (Å²) in [4.78, 5) is 0.105. The van der Waals surface area contributed by atoms with Gasteiger partial charge < -0.3 is 0 Å². The molecule has 18 heavy (non-hydrogen) atoms. The Balaban J connectivity index is 2.40. The van der Waals surface area contributed by atoms with Crippen molar-refractivity contribution in [3.05, 3.63) is 68.7 Å². The van der Waals surface area contributed by atoms with Crippen molar-refractivity contribution in [2.24, 2.45) is 0 Å². The van der Waals surface area contributed by atoms with Crippen LogP contribution in [0.2, 0.25) is 10.0 Å². The number of benzene rings is 2. The second kappa shape index (κ2) is 5.64. The highest BCUT2D eigenvalue weighted by molar-refractivity contribution is 9.09. The van der Waals surface area contributed by atoms with Crippen LogP contribution >= 0.6 is 39.1 Å². The van der Waals surface area contributed by atoms with Gasteiger partial charge in [0, 0.05) is 10.0 Å². The summed E-state index contributed by atoms with van der Waals surface area (Å²) in [7, 11) is 0. The third-order valence-electron chi connectivity index (χ3n) is 3.00. The van der Waals surface area contributed by atoms with Crippen molar-refractivity contribution in [2.75, 3.05) is 0 Å². The summed E-state index contributed by atoms with van der Waals surface area (Å²) in [5.74, 6) is 0. The lowest BCUT2D eigenvalue weighted by Crippen LogP contribution is -1.94. The highest BCUT2D eigenvalue weighted by Gasteiger charge is 2.12. The van der Waals surface area contributed by atoms with Crippen molar-refractivity contribution in [1.29, 1.82) is 0 Å². The van der Waals surface area contributed by atoms with E-state index in [-0.39, 0.29) is 4.83 Å². The second-order valence-electron chi connectivity index (χ2n) is 4.41. The lowest BCUT2D eigenvalue weighted by molar-refractivity contribution is 1.16. The van der Waals surface area contributed by atoms with Crippen molar-refractivity contribution < 1.29 is 0 Å². The zero-order chi connectivity index (χ0) is 13.3. The summed E-state index contributed by atoms with van der Waals surface area (Å²) < 4.78 is 0. The first kappa shape index (κ1) is 13.9. The fourth-order valence-corrected chi connectivity index (χ4v) is 2.93. The molecule has 0 aliphatic heterocycles. The van der Waals surface area contributed by atoms with Crippen LogP contribution in [0.5, 0.6) is 0 Å². The number of hydrogen-bond acceptors (Lipinski definition) is 0. The highest BCUT2D eigenvalue weighted by atomic mass is 79.9. The number of alkyl halides is 1. The molecule has 0 N–H and O–H groups in total. The molecule has 0 spiro atoms. The average molecular weight is 344 g/mol. The third-order valence-corrected chi connectivity index (χ3v) is 4.49. The van der Waals surface area contributed by atoms with Gasteiger partial charge in [-0.15, -0.1) is 0 Å². The minimum Gasteiger partial charge on any atom is -0.0843 e. The normalized spacial score (nSPS) is 12.5. The topological polar surface area (TPSA) is 0 Å². The molecule has 2 aromatic carbocycles. The van der Waals surface area contributed by atoms with Crippen molar-refractivity contribution >= 4 is 39.1 Å². The fraction of sp³-hybridized carbons (Fsp3) is 0.200. The standard InChI is InChI=1S/C15H13BrCl2/c1-9-3-4-11(5-10(9)2)15(16)12-6-13(17)8-14(18)7-12/h3-8,15H,1-2H3. The van der Waals surface area contributed by atoms with E-state index in [1.807, 2.05) is 12.1 Å². The predicted molar refractivity (Wildman–Crippen MR) is 83.1 cm³/mol. The Kier molecular flexibility index (Phi) is 4.37. The molecular formula is C15H13BrCl2. The number of halogens is 3. The summed E-state index contributed by atoms with van der Waals surface area (Å²) in [6.45, 7) is 4.22. The van der Waals surface area contributed by atoms with E-state index in [9.17, 15) is 0 Å². The van der Waals surface area contributed by atoms with Crippen LogP contribution in [-0.4, -0.2) is 0 Å². The molecule has 0 heterocycles. The van der Waals surface area contributed by atoms with Gasteiger partial charge in [-0.3, -0.25) is 0 Å². The molecule has 0 saturated heterocycles. The molecule has 0 aliphatic rings. The first-order chi connectivity index (χ1) is 8.47. The van der Waals surface area contributed by atoms with Gasteiger partial charge in [-0.1, -0.05) is 57.3 Å². The summed E-state index contributed by atoms with van der Waals surface area (Å²) in [5.41, 5.74) is 4.85. The van der Waals surface area contributed by atoms with E-state index >= 15 is 0 Å². The molecule has 3 heteroatoms. The van der Waals surface area contributed by atoms with Gasteiger partial charge in [0.05, 0.1) is 4.83 Å². The molecule has 0 aromatic heterocycles. The summed E-state index contributed by atoms with van der Waals surface area (Å²) in [6, 6.07) is 12.0. The Labute approximate surface area is 126 Å². The first-order valence-electron chi connectivity index (χ1n) is 5.64. The van der Waals surface area contributed by atoms with Crippen LogP contribution in [0.4, 0.5) is 0 Å². The quantitative estimate of drug-likeness (QED) is 0.578. The van der Waals surface area contributed by atoms with E-state index in [4.69, 9.17) is 23.2 Å². The van der Waals surface area contributed by atoms with Gasteiger partial charge in [0.25, 0.3) is 0 Å². The summed E-state index contributed by atoms with van der Waals surface area (Å²) >= 11 is 15.8. The largest absolute Gasteiger partial charge is 0.0843 e. The number of hydrogen-bond donors (Lipinski definition) is 0. The summed E-state index contributed by atoms with van der Waals surface area (Å²) in [5, 5.41) is 1.32. The molecule has 0 bridgehead atoms. The van der Waals surface area contributed by atoms with E-state index in [2.05, 4.69) is 48.0 Å². The Morgan fingerprint density at radius 3 is 2.00 bits per heavy atom. The van der Waals surface area contributed by atoms with Crippen molar-refractivity contribution in [3.63, 3.8) is 0 Å². The molecule has 1 unspecified atom stereocenters.